The topological polar surface area (TPSA) is 35.5 Å². The van der Waals surface area contributed by atoms with Gasteiger partial charge in [0.05, 0.1) is 5.56 Å². The lowest BCUT2D eigenvalue weighted by molar-refractivity contribution is -0.233. The fraction of sp³-hybridized carbons (Fsp3) is 0.500. The third-order valence-corrected chi connectivity index (χ3v) is 3.01. The van der Waals surface area contributed by atoms with Crippen LogP contribution in [-0.2, 0) is 9.78 Å². The Labute approximate surface area is 115 Å². The van der Waals surface area contributed by atoms with Crippen molar-refractivity contribution in [3.63, 3.8) is 0 Å². The van der Waals surface area contributed by atoms with Crippen LogP contribution in [0, 0.1) is 13.0 Å². The molecule has 0 amide bonds. The molecular formula is C16H23O3. The molecule has 1 rings (SSSR count). The van der Waals surface area contributed by atoms with Crippen LogP contribution in [0.5, 0.6) is 0 Å². The Morgan fingerprint density at radius 2 is 1.84 bits per heavy atom. The van der Waals surface area contributed by atoms with E-state index in [4.69, 9.17) is 9.78 Å². The first-order valence-electron chi connectivity index (χ1n) is 6.92. The van der Waals surface area contributed by atoms with Gasteiger partial charge in [-0.25, -0.2) is 4.79 Å². The summed E-state index contributed by atoms with van der Waals surface area (Å²) in [4.78, 5) is 21.7. The third kappa shape index (κ3) is 5.88. The van der Waals surface area contributed by atoms with E-state index >= 15 is 0 Å². The van der Waals surface area contributed by atoms with Crippen LogP contribution in [0.2, 0.25) is 0 Å². The largest absolute Gasteiger partial charge is 0.373 e. The van der Waals surface area contributed by atoms with Crippen LogP contribution < -0.4 is 0 Å². The number of carbonyl (C=O) groups excluding carboxylic acids is 1. The molecule has 0 aromatic heterocycles. The number of hydrogen-bond donors (Lipinski definition) is 0. The summed E-state index contributed by atoms with van der Waals surface area (Å²) in [7, 11) is 0. The first-order valence-corrected chi connectivity index (χ1v) is 6.92. The molecule has 3 nitrogen and oxygen atoms in total. The van der Waals surface area contributed by atoms with E-state index in [1.54, 1.807) is 6.07 Å². The summed E-state index contributed by atoms with van der Waals surface area (Å²) in [6.07, 6.45) is 6.28. The minimum absolute atomic E-state index is 0.439. The molecule has 1 aromatic rings. The van der Waals surface area contributed by atoms with Gasteiger partial charge in [-0.05, 0) is 31.9 Å². The molecule has 0 saturated heterocycles. The van der Waals surface area contributed by atoms with Crippen LogP contribution in [0.3, 0.4) is 0 Å². The van der Waals surface area contributed by atoms with Crippen molar-refractivity contribution in [3.8, 4) is 0 Å². The SMILES string of the molecule is CCCCCC[C](C)OOC(=O)c1ccccc1C. The third-order valence-electron chi connectivity index (χ3n) is 3.01. The van der Waals surface area contributed by atoms with E-state index in [0.29, 0.717) is 5.56 Å². The lowest BCUT2D eigenvalue weighted by atomic mass is 10.1. The Bertz CT molecular complexity index is 387. The van der Waals surface area contributed by atoms with Crippen molar-refractivity contribution < 1.29 is 14.6 Å². The van der Waals surface area contributed by atoms with Gasteiger partial charge in [-0.3, -0.25) is 4.89 Å². The predicted molar refractivity (Wildman–Crippen MR) is 75.4 cm³/mol. The maximum Gasteiger partial charge on any atom is 0.373 e. The van der Waals surface area contributed by atoms with Crippen molar-refractivity contribution in [1.82, 2.24) is 0 Å². The highest BCUT2D eigenvalue weighted by atomic mass is 17.2. The zero-order valence-corrected chi connectivity index (χ0v) is 12.1. The number of benzene rings is 1. The maximum atomic E-state index is 11.8. The Kier molecular flexibility index (Phi) is 7.19. The van der Waals surface area contributed by atoms with Crippen molar-refractivity contribution in [2.75, 3.05) is 0 Å². The highest BCUT2D eigenvalue weighted by molar-refractivity contribution is 5.90. The molecule has 0 atom stereocenters. The number of aryl methyl sites for hydroxylation is 1. The molecule has 3 heteroatoms. The van der Waals surface area contributed by atoms with E-state index in [2.05, 4.69) is 6.92 Å². The Morgan fingerprint density at radius 3 is 2.53 bits per heavy atom. The van der Waals surface area contributed by atoms with Gasteiger partial charge in [-0.1, -0.05) is 50.8 Å². The van der Waals surface area contributed by atoms with Gasteiger partial charge in [-0.15, -0.1) is 0 Å². The van der Waals surface area contributed by atoms with E-state index in [0.717, 1.165) is 24.5 Å². The highest BCUT2D eigenvalue weighted by Gasteiger charge is 2.13. The van der Waals surface area contributed by atoms with Gasteiger partial charge in [0.15, 0.2) is 0 Å². The molecule has 0 unspecified atom stereocenters. The van der Waals surface area contributed by atoms with Crippen LogP contribution in [0.25, 0.3) is 0 Å². The normalized spacial score (nSPS) is 10.7. The first kappa shape index (κ1) is 15.7. The van der Waals surface area contributed by atoms with Crippen molar-refractivity contribution in [1.29, 1.82) is 0 Å². The van der Waals surface area contributed by atoms with Gasteiger partial charge in [0.25, 0.3) is 0 Å². The highest BCUT2D eigenvalue weighted by Crippen LogP contribution is 2.15. The first-order chi connectivity index (χ1) is 9.15. The standard InChI is InChI=1S/C16H23O3/c1-4-5-6-7-11-14(3)18-19-16(17)15-12-9-8-10-13(15)2/h8-10,12H,4-7,11H2,1-3H3. The average molecular weight is 263 g/mol. The number of rotatable bonds is 8. The summed E-state index contributed by atoms with van der Waals surface area (Å²) in [6.45, 7) is 5.89. The molecule has 19 heavy (non-hydrogen) atoms. The minimum atomic E-state index is -0.439. The Hall–Kier alpha value is -1.35. The van der Waals surface area contributed by atoms with Gasteiger partial charge >= 0.3 is 5.97 Å². The van der Waals surface area contributed by atoms with E-state index in [-0.39, 0.29) is 0 Å². The van der Waals surface area contributed by atoms with Gasteiger partial charge in [-0.2, -0.15) is 4.89 Å². The summed E-state index contributed by atoms with van der Waals surface area (Å²) in [5.74, 6) is -0.439. The van der Waals surface area contributed by atoms with E-state index in [9.17, 15) is 4.79 Å². The van der Waals surface area contributed by atoms with Gasteiger partial charge in [0.2, 0.25) is 0 Å². The van der Waals surface area contributed by atoms with Gasteiger partial charge < -0.3 is 0 Å². The van der Waals surface area contributed by atoms with Crippen molar-refractivity contribution in [3.05, 3.63) is 41.5 Å². The molecule has 0 heterocycles. The van der Waals surface area contributed by atoms with Crippen LogP contribution in [0.15, 0.2) is 24.3 Å². The molecule has 1 radical (unpaired) electrons. The van der Waals surface area contributed by atoms with Crippen molar-refractivity contribution in [2.45, 2.75) is 52.9 Å². The Morgan fingerprint density at radius 1 is 1.11 bits per heavy atom. The van der Waals surface area contributed by atoms with Crippen LogP contribution >= 0.6 is 0 Å². The zero-order valence-electron chi connectivity index (χ0n) is 12.1. The second-order valence-electron chi connectivity index (χ2n) is 4.78. The quantitative estimate of drug-likeness (QED) is 0.390. The second kappa shape index (κ2) is 8.70. The number of unbranched alkanes of at least 4 members (excludes halogenated alkanes) is 3. The average Bonchev–Trinajstić information content (AvgIpc) is 2.41. The van der Waals surface area contributed by atoms with E-state index in [1.807, 2.05) is 32.0 Å². The molecule has 0 fully saturated rings. The lowest BCUT2D eigenvalue weighted by Gasteiger charge is -2.10. The molecule has 0 spiro atoms. The fourth-order valence-electron chi connectivity index (χ4n) is 1.80. The van der Waals surface area contributed by atoms with Gasteiger partial charge in [0.1, 0.15) is 6.10 Å². The molecule has 0 bridgehead atoms. The number of hydrogen-bond acceptors (Lipinski definition) is 3. The molecule has 0 aliphatic rings. The molecular weight excluding hydrogens is 240 g/mol. The van der Waals surface area contributed by atoms with Crippen molar-refractivity contribution >= 4 is 5.97 Å². The monoisotopic (exact) mass is 263 g/mol. The van der Waals surface area contributed by atoms with Crippen LogP contribution in [0.1, 0.15) is 61.9 Å². The predicted octanol–water partition coefficient (Wildman–Crippen LogP) is 4.61. The second-order valence-corrected chi connectivity index (χ2v) is 4.78. The Balaban J connectivity index is 2.28. The molecule has 105 valence electrons. The summed E-state index contributed by atoms with van der Waals surface area (Å²) in [5.41, 5.74) is 1.43. The molecule has 0 aliphatic carbocycles. The smallest absolute Gasteiger partial charge is 0.292 e. The maximum absolute atomic E-state index is 11.8. The number of carbonyl (C=O) groups is 1. The minimum Gasteiger partial charge on any atom is -0.292 e. The molecule has 0 N–H and O–H groups in total. The van der Waals surface area contributed by atoms with Crippen LogP contribution in [0.4, 0.5) is 0 Å². The summed E-state index contributed by atoms with van der Waals surface area (Å²) < 4.78 is 0. The van der Waals surface area contributed by atoms with E-state index < -0.39 is 5.97 Å². The molecule has 0 saturated carbocycles. The van der Waals surface area contributed by atoms with Crippen molar-refractivity contribution in [2.24, 2.45) is 0 Å². The lowest BCUT2D eigenvalue weighted by Crippen LogP contribution is -2.10. The molecule has 0 aliphatic heterocycles. The summed E-state index contributed by atoms with van der Waals surface area (Å²) >= 11 is 0. The fourth-order valence-corrected chi connectivity index (χ4v) is 1.80. The molecule has 1 aromatic carbocycles. The van der Waals surface area contributed by atoms with Crippen LogP contribution in [-0.4, -0.2) is 5.97 Å². The van der Waals surface area contributed by atoms with E-state index in [1.165, 1.54) is 19.3 Å². The summed E-state index contributed by atoms with van der Waals surface area (Å²) in [6, 6.07) is 7.30. The zero-order chi connectivity index (χ0) is 14.1. The van der Waals surface area contributed by atoms with Gasteiger partial charge in [0, 0.05) is 0 Å². The summed E-state index contributed by atoms with van der Waals surface area (Å²) in [5, 5.41) is 0.